The van der Waals surface area contributed by atoms with Gasteiger partial charge in [0, 0.05) is 12.6 Å². The Balaban J connectivity index is 1.89. The van der Waals surface area contributed by atoms with Crippen molar-refractivity contribution in [1.29, 1.82) is 0 Å². The Morgan fingerprint density at radius 3 is 2.73 bits per heavy atom. The third-order valence-electron chi connectivity index (χ3n) is 4.62. The fourth-order valence-corrected chi connectivity index (χ4v) is 4.41. The molecule has 0 radical (unpaired) electrons. The van der Waals surface area contributed by atoms with Crippen LogP contribution < -0.4 is 5.56 Å². The summed E-state index contributed by atoms with van der Waals surface area (Å²) < 4.78 is 1.54. The van der Waals surface area contributed by atoms with Crippen molar-refractivity contribution < 1.29 is 4.79 Å². The number of benzene rings is 1. The zero-order valence-electron chi connectivity index (χ0n) is 14.5. The zero-order valence-corrected chi connectivity index (χ0v) is 15.3. The van der Waals surface area contributed by atoms with E-state index >= 15 is 0 Å². The van der Waals surface area contributed by atoms with Gasteiger partial charge >= 0.3 is 0 Å². The molecule has 6 heteroatoms. The molecule has 0 spiro atoms. The Kier molecular flexibility index (Phi) is 4.59. The molecule has 3 aromatic rings. The van der Waals surface area contributed by atoms with Crippen LogP contribution >= 0.6 is 11.8 Å². The number of aryl methyl sites for hydroxylation is 1. The van der Waals surface area contributed by atoms with Crippen LogP contribution in [0.5, 0.6) is 0 Å². The van der Waals surface area contributed by atoms with E-state index < -0.39 is 0 Å². The highest BCUT2D eigenvalue weighted by Gasteiger charge is 2.26. The minimum Gasteiger partial charge on any atom is -0.298 e. The maximum absolute atomic E-state index is 13.1. The van der Waals surface area contributed by atoms with Gasteiger partial charge in [-0.1, -0.05) is 36.4 Å². The number of para-hydroxylation sites is 1. The zero-order chi connectivity index (χ0) is 18.1. The lowest BCUT2D eigenvalue weighted by Gasteiger charge is -2.21. The Morgan fingerprint density at radius 1 is 1.12 bits per heavy atom. The van der Waals surface area contributed by atoms with Crippen molar-refractivity contribution in [2.24, 2.45) is 0 Å². The monoisotopic (exact) mass is 365 g/mol. The van der Waals surface area contributed by atoms with Crippen LogP contribution in [0.3, 0.4) is 0 Å². The Morgan fingerprint density at radius 2 is 1.96 bits per heavy atom. The molecule has 1 unspecified atom stereocenters. The Labute approximate surface area is 155 Å². The predicted molar refractivity (Wildman–Crippen MR) is 103 cm³/mol. The van der Waals surface area contributed by atoms with E-state index in [1.54, 1.807) is 12.3 Å². The van der Waals surface area contributed by atoms with Gasteiger partial charge in [-0.05, 0) is 43.5 Å². The molecule has 5 nitrogen and oxygen atoms in total. The summed E-state index contributed by atoms with van der Waals surface area (Å²) in [6, 6.07) is 11.0. The molecule has 26 heavy (non-hydrogen) atoms. The van der Waals surface area contributed by atoms with Crippen molar-refractivity contribution in [3.05, 3.63) is 58.5 Å². The molecule has 1 atom stereocenters. The van der Waals surface area contributed by atoms with Crippen LogP contribution in [-0.4, -0.2) is 25.6 Å². The highest BCUT2D eigenvalue weighted by Crippen LogP contribution is 2.31. The largest absolute Gasteiger partial charge is 0.298 e. The van der Waals surface area contributed by atoms with Gasteiger partial charge in [-0.25, -0.2) is 14.5 Å². The number of fused-ring (bicyclic) bond motifs is 1. The summed E-state index contributed by atoms with van der Waals surface area (Å²) in [5.41, 5.74) is 1.51. The summed E-state index contributed by atoms with van der Waals surface area (Å²) in [4.78, 5) is 34.5. The molecule has 2 aromatic heterocycles. The average Bonchev–Trinajstić information content (AvgIpc) is 2.65. The van der Waals surface area contributed by atoms with Crippen molar-refractivity contribution in [3.63, 3.8) is 0 Å². The number of rotatable bonds is 3. The summed E-state index contributed by atoms with van der Waals surface area (Å²) in [5.74, 6) is 0.775. The van der Waals surface area contributed by atoms with E-state index in [1.807, 2.05) is 37.3 Å². The number of carbonyl (C=O) groups is 1. The van der Waals surface area contributed by atoms with Crippen LogP contribution in [0.15, 0.2) is 52.5 Å². The molecule has 1 aromatic carbocycles. The number of Topliss-reactive ketones (excluding diaryl/α,β-unsaturated/α-hetero) is 1. The molecule has 0 aliphatic heterocycles. The van der Waals surface area contributed by atoms with E-state index in [-0.39, 0.29) is 16.6 Å². The van der Waals surface area contributed by atoms with Crippen molar-refractivity contribution in [2.45, 2.75) is 43.0 Å². The quantitative estimate of drug-likeness (QED) is 0.662. The fraction of sp³-hybridized carbons (Fsp3) is 0.300. The third kappa shape index (κ3) is 3.17. The molecular weight excluding hydrogens is 346 g/mol. The van der Waals surface area contributed by atoms with Gasteiger partial charge in [-0.3, -0.25) is 9.59 Å². The first-order valence-electron chi connectivity index (χ1n) is 8.78. The number of aromatic nitrogens is 3. The minimum atomic E-state index is -0.155. The molecule has 1 aliphatic carbocycles. The predicted octanol–water partition coefficient (Wildman–Crippen LogP) is 3.69. The number of ketones is 1. The lowest BCUT2D eigenvalue weighted by atomic mass is 9.99. The molecule has 0 amide bonds. The van der Waals surface area contributed by atoms with Gasteiger partial charge in [0.2, 0.25) is 0 Å². The van der Waals surface area contributed by atoms with Crippen LogP contribution in [0, 0.1) is 6.92 Å². The Hall–Kier alpha value is -2.47. The molecule has 4 rings (SSSR count). The molecule has 1 aliphatic rings. The molecule has 1 saturated carbocycles. The third-order valence-corrected chi connectivity index (χ3v) is 5.88. The second kappa shape index (κ2) is 7.03. The minimum absolute atomic E-state index is 0.145. The van der Waals surface area contributed by atoms with E-state index in [1.165, 1.54) is 16.3 Å². The van der Waals surface area contributed by atoms with Crippen molar-refractivity contribution in [1.82, 2.24) is 14.5 Å². The van der Waals surface area contributed by atoms with Gasteiger partial charge < -0.3 is 0 Å². The van der Waals surface area contributed by atoms with Crippen molar-refractivity contribution in [3.8, 4) is 5.82 Å². The summed E-state index contributed by atoms with van der Waals surface area (Å²) in [6.45, 7) is 1.95. The van der Waals surface area contributed by atoms with E-state index in [9.17, 15) is 9.59 Å². The number of carbonyl (C=O) groups excluding carboxylic acids is 1. The summed E-state index contributed by atoms with van der Waals surface area (Å²) >= 11 is 1.39. The van der Waals surface area contributed by atoms with Crippen LogP contribution in [0.2, 0.25) is 0 Å². The van der Waals surface area contributed by atoms with Gasteiger partial charge in [-0.2, -0.15) is 0 Å². The highest BCUT2D eigenvalue weighted by atomic mass is 32.2. The Bertz CT molecular complexity index is 1030. The summed E-state index contributed by atoms with van der Waals surface area (Å²) in [7, 11) is 0. The van der Waals surface area contributed by atoms with Crippen LogP contribution in [0.4, 0.5) is 0 Å². The maximum Gasteiger partial charge on any atom is 0.267 e. The average molecular weight is 365 g/mol. The fourth-order valence-electron chi connectivity index (χ4n) is 3.19. The van der Waals surface area contributed by atoms with E-state index in [0.717, 1.165) is 24.8 Å². The molecule has 132 valence electrons. The molecule has 0 N–H and O–H groups in total. The van der Waals surface area contributed by atoms with Gasteiger partial charge in [0.05, 0.1) is 16.2 Å². The first kappa shape index (κ1) is 17.0. The molecular formula is C20H19N3O2S. The van der Waals surface area contributed by atoms with E-state index in [4.69, 9.17) is 4.98 Å². The molecule has 1 fully saturated rings. The van der Waals surface area contributed by atoms with Gasteiger partial charge in [-0.15, -0.1) is 0 Å². The number of hydrogen-bond donors (Lipinski definition) is 0. The van der Waals surface area contributed by atoms with E-state index in [0.29, 0.717) is 28.3 Å². The SMILES string of the molecule is Cc1ccc(-n2c(SC3CCCCC3=O)nc3ccccc3c2=O)nc1. The second-order valence-corrected chi connectivity index (χ2v) is 7.73. The number of thioether (sulfide) groups is 1. The van der Waals surface area contributed by atoms with Crippen LogP contribution in [0.25, 0.3) is 16.7 Å². The lowest BCUT2D eigenvalue weighted by molar-refractivity contribution is -0.119. The van der Waals surface area contributed by atoms with E-state index in [2.05, 4.69) is 4.98 Å². The standard InChI is InChI=1S/C20H19N3O2S/c1-13-10-11-18(21-12-13)23-19(25)14-6-2-3-7-15(14)22-20(23)26-17-9-5-4-8-16(17)24/h2-3,6-7,10-12,17H,4-5,8-9H2,1H3. The normalized spacial score (nSPS) is 17.6. The van der Waals surface area contributed by atoms with Gasteiger partial charge in [0.1, 0.15) is 11.6 Å². The van der Waals surface area contributed by atoms with Crippen LogP contribution in [0.1, 0.15) is 31.2 Å². The number of hydrogen-bond acceptors (Lipinski definition) is 5. The van der Waals surface area contributed by atoms with Gasteiger partial charge in [0.15, 0.2) is 5.16 Å². The van der Waals surface area contributed by atoms with Crippen molar-refractivity contribution in [2.75, 3.05) is 0 Å². The molecule has 2 heterocycles. The first-order chi connectivity index (χ1) is 12.6. The lowest BCUT2D eigenvalue weighted by Crippen LogP contribution is -2.26. The molecule has 0 bridgehead atoms. The second-order valence-electron chi connectivity index (χ2n) is 6.56. The number of nitrogens with zero attached hydrogens (tertiary/aromatic N) is 3. The number of pyridine rings is 1. The smallest absolute Gasteiger partial charge is 0.267 e. The first-order valence-corrected chi connectivity index (χ1v) is 9.65. The van der Waals surface area contributed by atoms with Gasteiger partial charge in [0.25, 0.3) is 5.56 Å². The van der Waals surface area contributed by atoms with Crippen molar-refractivity contribution >= 4 is 28.4 Å². The topological polar surface area (TPSA) is 64.8 Å². The summed E-state index contributed by atoms with van der Waals surface area (Å²) in [5, 5.41) is 0.938. The van der Waals surface area contributed by atoms with Crippen LogP contribution in [-0.2, 0) is 4.79 Å². The maximum atomic E-state index is 13.1. The molecule has 0 saturated heterocycles. The highest BCUT2D eigenvalue weighted by molar-refractivity contribution is 8.00. The summed E-state index contributed by atoms with van der Waals surface area (Å²) in [6.07, 6.45) is 5.15.